The van der Waals surface area contributed by atoms with Gasteiger partial charge >= 0.3 is 0 Å². The van der Waals surface area contributed by atoms with Crippen LogP contribution < -0.4 is 0 Å². The van der Waals surface area contributed by atoms with Gasteiger partial charge in [0.15, 0.2) is 0 Å². The maximum absolute atomic E-state index is 11.7. The standard InChI is InChI=1S/C10H17N3O/c1-4-13(5-2)10(14)6-9-8(3)11-7-12-9/h7H,4-6H2,1-3H3,(H,11,12). The lowest BCUT2D eigenvalue weighted by molar-refractivity contribution is -0.130. The Bertz CT molecular complexity index is 302. The Balaban J connectivity index is 2.61. The molecule has 1 aromatic heterocycles. The molecular weight excluding hydrogens is 178 g/mol. The molecule has 0 fully saturated rings. The minimum atomic E-state index is 0.144. The van der Waals surface area contributed by atoms with Crippen molar-refractivity contribution in [2.75, 3.05) is 13.1 Å². The third kappa shape index (κ3) is 2.34. The van der Waals surface area contributed by atoms with Crippen molar-refractivity contribution in [2.24, 2.45) is 0 Å². The SMILES string of the molecule is CCN(CC)C(=O)Cc1nc[nH]c1C. The molecule has 1 rings (SSSR count). The summed E-state index contributed by atoms with van der Waals surface area (Å²) >= 11 is 0. The smallest absolute Gasteiger partial charge is 0.228 e. The number of nitrogens with one attached hydrogen (secondary N) is 1. The average molecular weight is 195 g/mol. The third-order valence-electron chi connectivity index (χ3n) is 2.37. The van der Waals surface area contributed by atoms with Gasteiger partial charge in [0.05, 0.1) is 18.4 Å². The maximum atomic E-state index is 11.7. The summed E-state index contributed by atoms with van der Waals surface area (Å²) in [5.41, 5.74) is 1.83. The van der Waals surface area contributed by atoms with E-state index in [0.717, 1.165) is 24.5 Å². The van der Waals surface area contributed by atoms with E-state index in [1.165, 1.54) is 0 Å². The molecule has 4 heteroatoms. The molecule has 1 N–H and O–H groups in total. The number of aryl methyl sites for hydroxylation is 1. The summed E-state index contributed by atoms with van der Waals surface area (Å²) in [6, 6.07) is 0. The Kier molecular flexibility index (Phi) is 3.68. The molecular formula is C10H17N3O. The highest BCUT2D eigenvalue weighted by atomic mass is 16.2. The number of rotatable bonds is 4. The van der Waals surface area contributed by atoms with Crippen LogP contribution in [0.5, 0.6) is 0 Å². The summed E-state index contributed by atoms with van der Waals surface area (Å²) in [6.45, 7) is 7.42. The Hall–Kier alpha value is -1.32. The van der Waals surface area contributed by atoms with Crippen molar-refractivity contribution < 1.29 is 4.79 Å². The minimum Gasteiger partial charge on any atom is -0.348 e. The molecule has 0 atom stereocenters. The lowest BCUT2D eigenvalue weighted by atomic mass is 10.2. The first-order valence-corrected chi connectivity index (χ1v) is 4.95. The van der Waals surface area contributed by atoms with E-state index < -0.39 is 0 Å². The summed E-state index contributed by atoms with van der Waals surface area (Å²) < 4.78 is 0. The fraction of sp³-hybridized carbons (Fsp3) is 0.600. The monoisotopic (exact) mass is 195 g/mol. The van der Waals surface area contributed by atoms with Gasteiger partial charge in [-0.05, 0) is 20.8 Å². The number of likely N-dealkylation sites (N-methyl/N-ethyl adjacent to an activating group) is 1. The quantitative estimate of drug-likeness (QED) is 0.783. The molecule has 1 heterocycles. The minimum absolute atomic E-state index is 0.144. The zero-order valence-electron chi connectivity index (χ0n) is 9.00. The van der Waals surface area contributed by atoms with Crippen LogP contribution in [0.1, 0.15) is 25.2 Å². The summed E-state index contributed by atoms with van der Waals surface area (Å²) in [4.78, 5) is 20.6. The highest BCUT2D eigenvalue weighted by Crippen LogP contribution is 2.03. The molecule has 0 aromatic carbocycles. The number of hydrogen-bond acceptors (Lipinski definition) is 2. The van der Waals surface area contributed by atoms with Crippen molar-refractivity contribution in [3.8, 4) is 0 Å². The zero-order chi connectivity index (χ0) is 10.6. The topological polar surface area (TPSA) is 49.0 Å². The molecule has 14 heavy (non-hydrogen) atoms. The van der Waals surface area contributed by atoms with E-state index in [2.05, 4.69) is 9.97 Å². The molecule has 1 amide bonds. The van der Waals surface area contributed by atoms with Gasteiger partial charge in [-0.25, -0.2) is 4.98 Å². The number of aromatic nitrogens is 2. The van der Waals surface area contributed by atoms with E-state index in [9.17, 15) is 4.79 Å². The van der Waals surface area contributed by atoms with Crippen molar-refractivity contribution in [3.05, 3.63) is 17.7 Å². The van der Waals surface area contributed by atoms with Gasteiger partial charge in [0.1, 0.15) is 0 Å². The van der Waals surface area contributed by atoms with Gasteiger partial charge in [0.25, 0.3) is 0 Å². The van der Waals surface area contributed by atoms with Crippen molar-refractivity contribution >= 4 is 5.91 Å². The predicted molar refractivity (Wildman–Crippen MR) is 55.0 cm³/mol. The van der Waals surface area contributed by atoms with Gasteiger partial charge in [0, 0.05) is 18.8 Å². The van der Waals surface area contributed by atoms with Crippen LogP contribution in [0, 0.1) is 6.92 Å². The third-order valence-corrected chi connectivity index (χ3v) is 2.37. The fourth-order valence-electron chi connectivity index (χ4n) is 1.40. The molecule has 0 unspecified atom stereocenters. The van der Waals surface area contributed by atoms with Crippen LogP contribution in [0.3, 0.4) is 0 Å². The van der Waals surface area contributed by atoms with Gasteiger partial charge in [-0.15, -0.1) is 0 Å². The van der Waals surface area contributed by atoms with Gasteiger partial charge in [-0.3, -0.25) is 4.79 Å². The van der Waals surface area contributed by atoms with Gasteiger partial charge in [-0.2, -0.15) is 0 Å². The van der Waals surface area contributed by atoms with E-state index >= 15 is 0 Å². The molecule has 78 valence electrons. The first kappa shape index (κ1) is 10.8. The number of H-pyrrole nitrogens is 1. The zero-order valence-corrected chi connectivity index (χ0v) is 9.00. The van der Waals surface area contributed by atoms with Crippen LogP contribution in [-0.2, 0) is 11.2 Å². The number of carbonyl (C=O) groups excluding carboxylic acids is 1. The number of aromatic amines is 1. The Morgan fingerprint density at radius 2 is 2.14 bits per heavy atom. The molecule has 0 bridgehead atoms. The van der Waals surface area contributed by atoms with Crippen LogP contribution in [0.15, 0.2) is 6.33 Å². The van der Waals surface area contributed by atoms with E-state index in [-0.39, 0.29) is 5.91 Å². The van der Waals surface area contributed by atoms with Crippen LogP contribution in [-0.4, -0.2) is 33.9 Å². The number of nitrogens with zero attached hydrogens (tertiary/aromatic N) is 2. The molecule has 0 saturated heterocycles. The van der Waals surface area contributed by atoms with Crippen molar-refractivity contribution in [2.45, 2.75) is 27.2 Å². The first-order chi connectivity index (χ1) is 6.69. The molecule has 0 aliphatic rings. The second-order valence-electron chi connectivity index (χ2n) is 3.22. The first-order valence-electron chi connectivity index (χ1n) is 4.95. The van der Waals surface area contributed by atoms with E-state index in [1.54, 1.807) is 6.33 Å². The van der Waals surface area contributed by atoms with Gasteiger partial charge < -0.3 is 9.88 Å². The van der Waals surface area contributed by atoms with Gasteiger partial charge in [0.2, 0.25) is 5.91 Å². The van der Waals surface area contributed by atoms with Crippen molar-refractivity contribution in [1.29, 1.82) is 0 Å². The second kappa shape index (κ2) is 4.79. The number of hydrogen-bond donors (Lipinski definition) is 1. The van der Waals surface area contributed by atoms with Crippen LogP contribution in [0.2, 0.25) is 0 Å². The summed E-state index contributed by atoms with van der Waals surface area (Å²) in [7, 11) is 0. The Morgan fingerprint density at radius 3 is 2.57 bits per heavy atom. The molecule has 0 aliphatic carbocycles. The van der Waals surface area contributed by atoms with E-state index in [0.29, 0.717) is 6.42 Å². The normalized spacial score (nSPS) is 10.2. The van der Waals surface area contributed by atoms with Crippen molar-refractivity contribution in [3.63, 3.8) is 0 Å². The predicted octanol–water partition coefficient (Wildman–Crippen LogP) is 1.13. The van der Waals surface area contributed by atoms with Crippen LogP contribution in [0.4, 0.5) is 0 Å². The number of carbonyl (C=O) groups is 1. The summed E-state index contributed by atoms with van der Waals surface area (Å²) in [6.07, 6.45) is 2.02. The largest absolute Gasteiger partial charge is 0.348 e. The Labute approximate surface area is 84.3 Å². The molecule has 0 spiro atoms. The van der Waals surface area contributed by atoms with Gasteiger partial charge in [-0.1, -0.05) is 0 Å². The highest BCUT2D eigenvalue weighted by molar-refractivity contribution is 5.78. The molecule has 4 nitrogen and oxygen atoms in total. The number of imidazole rings is 1. The Morgan fingerprint density at radius 1 is 1.50 bits per heavy atom. The van der Waals surface area contributed by atoms with Crippen LogP contribution >= 0.6 is 0 Å². The van der Waals surface area contributed by atoms with Crippen LogP contribution in [0.25, 0.3) is 0 Å². The van der Waals surface area contributed by atoms with Crippen molar-refractivity contribution in [1.82, 2.24) is 14.9 Å². The lowest BCUT2D eigenvalue weighted by Crippen LogP contribution is -2.32. The average Bonchev–Trinajstić information content (AvgIpc) is 2.54. The van der Waals surface area contributed by atoms with E-state index in [1.807, 2.05) is 25.7 Å². The summed E-state index contributed by atoms with van der Waals surface area (Å²) in [5.74, 6) is 0.144. The maximum Gasteiger partial charge on any atom is 0.228 e. The second-order valence-corrected chi connectivity index (χ2v) is 3.22. The summed E-state index contributed by atoms with van der Waals surface area (Å²) in [5, 5.41) is 0. The molecule has 0 aliphatic heterocycles. The fourth-order valence-corrected chi connectivity index (χ4v) is 1.40. The molecule has 0 saturated carbocycles. The number of amides is 1. The molecule has 0 radical (unpaired) electrons. The lowest BCUT2D eigenvalue weighted by Gasteiger charge is -2.17. The highest BCUT2D eigenvalue weighted by Gasteiger charge is 2.12. The van der Waals surface area contributed by atoms with E-state index in [4.69, 9.17) is 0 Å². The molecule has 1 aromatic rings.